The lowest BCUT2D eigenvalue weighted by atomic mass is 9.73. The molecule has 0 saturated heterocycles. The standard InChI is InChI=1S/C41H44N4O/c1-26(2)23-28-24-35(43-36(25-28)33-16-10-18-34(38(33)46)41(4,5)6)30-15-11-19-37(27(30)3)45-39-31(17-12-21-42-39)32-20-22-44(40(32)45)29-13-8-7-9-14-29/h7-9,11-15,17-22,24-26,33,38,46H,10,16,23H2,1-6H3. The topological polar surface area (TPSA) is 55.9 Å². The summed E-state index contributed by atoms with van der Waals surface area (Å²) in [7, 11) is 0. The van der Waals surface area contributed by atoms with E-state index in [9.17, 15) is 5.11 Å². The van der Waals surface area contributed by atoms with Crippen LogP contribution >= 0.6 is 0 Å². The van der Waals surface area contributed by atoms with E-state index in [1.165, 1.54) is 10.9 Å². The number of hydrogen-bond acceptors (Lipinski definition) is 3. The lowest BCUT2D eigenvalue weighted by Gasteiger charge is -2.35. The van der Waals surface area contributed by atoms with Crippen LogP contribution < -0.4 is 0 Å². The molecular weight excluding hydrogens is 564 g/mol. The first kappa shape index (κ1) is 30.2. The molecule has 5 heteroatoms. The summed E-state index contributed by atoms with van der Waals surface area (Å²) in [6.45, 7) is 13.3. The summed E-state index contributed by atoms with van der Waals surface area (Å²) >= 11 is 0. The summed E-state index contributed by atoms with van der Waals surface area (Å²) in [6.07, 6.45) is 8.56. The predicted molar refractivity (Wildman–Crippen MR) is 190 cm³/mol. The molecule has 0 spiro atoms. The number of benzene rings is 2. The van der Waals surface area contributed by atoms with Gasteiger partial charge in [-0.2, -0.15) is 0 Å². The molecule has 2 unspecified atom stereocenters. The lowest BCUT2D eigenvalue weighted by molar-refractivity contribution is 0.141. The molecule has 4 aromatic heterocycles. The fourth-order valence-electron chi connectivity index (χ4n) is 7.42. The molecule has 0 aliphatic heterocycles. The molecule has 0 amide bonds. The van der Waals surface area contributed by atoms with Gasteiger partial charge in [0.15, 0.2) is 0 Å². The highest BCUT2D eigenvalue weighted by atomic mass is 16.3. The third-order valence-corrected chi connectivity index (χ3v) is 9.55. The van der Waals surface area contributed by atoms with Gasteiger partial charge in [0.05, 0.1) is 17.5 Å². The fourth-order valence-corrected chi connectivity index (χ4v) is 7.42. The fraction of sp³-hybridized carbons (Fsp3) is 0.317. The minimum Gasteiger partial charge on any atom is -0.388 e. The highest BCUT2D eigenvalue weighted by molar-refractivity contribution is 6.07. The normalized spacial score (nSPS) is 17.3. The van der Waals surface area contributed by atoms with Gasteiger partial charge >= 0.3 is 0 Å². The van der Waals surface area contributed by atoms with Crippen molar-refractivity contribution < 1.29 is 5.11 Å². The van der Waals surface area contributed by atoms with E-state index >= 15 is 0 Å². The van der Waals surface area contributed by atoms with Crippen LogP contribution in [0.3, 0.4) is 0 Å². The van der Waals surface area contributed by atoms with Crippen molar-refractivity contribution in [3.05, 3.63) is 120 Å². The van der Waals surface area contributed by atoms with Gasteiger partial charge < -0.3 is 9.67 Å². The van der Waals surface area contributed by atoms with E-state index in [2.05, 4.69) is 136 Å². The zero-order valence-electron chi connectivity index (χ0n) is 27.8. The number of para-hydroxylation sites is 1. The van der Waals surface area contributed by atoms with Crippen molar-refractivity contribution in [2.75, 3.05) is 0 Å². The van der Waals surface area contributed by atoms with Gasteiger partial charge in [0.25, 0.3) is 0 Å². The van der Waals surface area contributed by atoms with Gasteiger partial charge in [0.1, 0.15) is 11.3 Å². The Hall–Kier alpha value is -4.48. The summed E-state index contributed by atoms with van der Waals surface area (Å²) in [4.78, 5) is 10.3. The number of allylic oxidation sites excluding steroid dienone is 1. The van der Waals surface area contributed by atoms with Crippen molar-refractivity contribution in [1.29, 1.82) is 0 Å². The van der Waals surface area contributed by atoms with Crippen LogP contribution in [0.2, 0.25) is 0 Å². The Morgan fingerprint density at radius 3 is 2.50 bits per heavy atom. The molecule has 0 saturated carbocycles. The van der Waals surface area contributed by atoms with Crippen molar-refractivity contribution in [3.63, 3.8) is 0 Å². The largest absolute Gasteiger partial charge is 0.388 e. The molecule has 2 aromatic carbocycles. The van der Waals surface area contributed by atoms with Crippen molar-refractivity contribution in [3.8, 4) is 22.6 Å². The van der Waals surface area contributed by atoms with Gasteiger partial charge in [-0.05, 0) is 103 Å². The van der Waals surface area contributed by atoms with E-state index in [4.69, 9.17) is 9.97 Å². The maximum Gasteiger partial charge on any atom is 0.146 e. The molecule has 234 valence electrons. The van der Waals surface area contributed by atoms with Gasteiger partial charge in [-0.15, -0.1) is 0 Å². The minimum atomic E-state index is -0.535. The number of rotatable bonds is 6. The Balaban J connectivity index is 1.41. The molecular formula is C41H44N4O. The highest BCUT2D eigenvalue weighted by Crippen LogP contribution is 2.42. The highest BCUT2D eigenvalue weighted by Gasteiger charge is 2.34. The molecule has 0 radical (unpaired) electrons. The first-order valence-corrected chi connectivity index (χ1v) is 16.6. The third kappa shape index (κ3) is 5.27. The van der Waals surface area contributed by atoms with E-state index in [0.29, 0.717) is 5.92 Å². The number of aliphatic hydroxyl groups is 1. The van der Waals surface area contributed by atoms with Gasteiger partial charge in [0.2, 0.25) is 0 Å². The second-order valence-electron chi connectivity index (χ2n) is 14.3. The number of fused-ring (bicyclic) bond motifs is 3. The van der Waals surface area contributed by atoms with Crippen LogP contribution in [0.1, 0.15) is 70.2 Å². The first-order chi connectivity index (χ1) is 22.1. The zero-order chi connectivity index (χ0) is 32.2. The summed E-state index contributed by atoms with van der Waals surface area (Å²) in [6, 6.07) is 27.9. The zero-order valence-corrected chi connectivity index (χ0v) is 27.8. The summed E-state index contributed by atoms with van der Waals surface area (Å²) in [5.74, 6) is 0.480. The van der Waals surface area contributed by atoms with Gasteiger partial charge in [-0.25, -0.2) is 4.98 Å². The van der Waals surface area contributed by atoms with Crippen molar-refractivity contribution in [1.82, 2.24) is 19.1 Å². The van der Waals surface area contributed by atoms with Crippen LogP contribution in [0.5, 0.6) is 0 Å². The molecule has 5 nitrogen and oxygen atoms in total. The Kier molecular flexibility index (Phi) is 7.68. The van der Waals surface area contributed by atoms with E-state index in [1.54, 1.807) is 0 Å². The summed E-state index contributed by atoms with van der Waals surface area (Å²) in [5, 5.41) is 14.0. The van der Waals surface area contributed by atoms with E-state index < -0.39 is 6.10 Å². The second kappa shape index (κ2) is 11.7. The van der Waals surface area contributed by atoms with Crippen molar-refractivity contribution in [2.45, 2.75) is 72.8 Å². The molecule has 46 heavy (non-hydrogen) atoms. The van der Waals surface area contributed by atoms with E-state index in [1.807, 2.05) is 12.3 Å². The van der Waals surface area contributed by atoms with Crippen LogP contribution in [0.25, 0.3) is 44.7 Å². The van der Waals surface area contributed by atoms with E-state index in [0.717, 1.165) is 75.4 Å². The predicted octanol–water partition coefficient (Wildman–Crippen LogP) is 9.75. The van der Waals surface area contributed by atoms with Gasteiger partial charge in [0, 0.05) is 46.0 Å². The molecule has 1 N–H and O–H groups in total. The minimum absolute atomic E-state index is 0.0278. The van der Waals surface area contributed by atoms with Crippen molar-refractivity contribution >= 4 is 22.1 Å². The monoisotopic (exact) mass is 608 g/mol. The smallest absolute Gasteiger partial charge is 0.146 e. The molecule has 1 aliphatic carbocycles. The van der Waals surface area contributed by atoms with E-state index in [-0.39, 0.29) is 11.3 Å². The number of nitrogens with zero attached hydrogens (tertiary/aromatic N) is 4. The lowest BCUT2D eigenvalue weighted by Crippen LogP contribution is -2.31. The van der Waals surface area contributed by atoms with Gasteiger partial charge in [-0.1, -0.05) is 71.0 Å². The second-order valence-corrected chi connectivity index (χ2v) is 14.3. The quantitative estimate of drug-likeness (QED) is 0.192. The Labute approximate surface area is 272 Å². The molecule has 7 rings (SSSR count). The Morgan fingerprint density at radius 1 is 0.935 bits per heavy atom. The van der Waals surface area contributed by atoms with Crippen LogP contribution in [-0.2, 0) is 6.42 Å². The molecule has 0 bridgehead atoms. The maximum atomic E-state index is 11.7. The van der Waals surface area contributed by atoms with Crippen LogP contribution in [-0.4, -0.2) is 30.3 Å². The molecule has 6 aromatic rings. The average molecular weight is 609 g/mol. The van der Waals surface area contributed by atoms with Crippen LogP contribution in [0, 0.1) is 18.3 Å². The maximum absolute atomic E-state index is 11.7. The van der Waals surface area contributed by atoms with Crippen LogP contribution in [0.4, 0.5) is 0 Å². The molecule has 2 atom stereocenters. The Morgan fingerprint density at radius 2 is 1.74 bits per heavy atom. The summed E-state index contributed by atoms with van der Waals surface area (Å²) < 4.78 is 4.56. The first-order valence-electron chi connectivity index (χ1n) is 16.6. The average Bonchev–Trinajstić information content (AvgIpc) is 3.59. The SMILES string of the molecule is Cc1c(-c2cc(CC(C)C)cc(C3CCC=C(C(C)(C)C)C3O)n2)cccc1-n1c2ncccc2c2ccn(-c3ccccc3)c21. The number of aromatic nitrogens is 4. The molecule has 4 heterocycles. The summed E-state index contributed by atoms with van der Waals surface area (Å²) in [5.41, 5.74) is 10.7. The molecule has 0 fully saturated rings. The third-order valence-electron chi connectivity index (χ3n) is 9.55. The van der Waals surface area contributed by atoms with Crippen molar-refractivity contribution in [2.24, 2.45) is 11.3 Å². The number of hydrogen-bond donors (Lipinski definition) is 1. The van der Waals surface area contributed by atoms with Gasteiger partial charge in [-0.3, -0.25) is 9.55 Å². The van der Waals surface area contributed by atoms with Crippen LogP contribution in [0.15, 0.2) is 103 Å². The molecule has 1 aliphatic rings. The Bertz CT molecular complexity index is 2070. The number of pyridine rings is 2. The number of aliphatic hydroxyl groups excluding tert-OH is 1.